The molecule has 0 N–H and O–H groups in total. The van der Waals surface area contributed by atoms with Crippen LogP contribution in [0.3, 0.4) is 0 Å². The molecular weight excluding hydrogens is 290 g/mol. The molecule has 1 unspecified atom stereocenters. The molecule has 1 atom stereocenters. The minimum absolute atomic E-state index is 0.111. The highest BCUT2D eigenvalue weighted by Gasteiger charge is 2.21. The highest BCUT2D eigenvalue weighted by molar-refractivity contribution is 8.13. The van der Waals surface area contributed by atoms with Crippen LogP contribution in [0, 0.1) is 5.92 Å². The zero-order valence-corrected chi connectivity index (χ0v) is 13.0. The molecule has 0 aliphatic heterocycles. The van der Waals surface area contributed by atoms with E-state index in [0.29, 0.717) is 5.92 Å². The molecule has 108 valence electrons. The van der Waals surface area contributed by atoms with Crippen molar-refractivity contribution < 1.29 is 17.9 Å². The molecule has 0 aromatic carbocycles. The smallest absolute Gasteiger partial charge is 0.355 e. The summed E-state index contributed by atoms with van der Waals surface area (Å²) in [7, 11) is 2.95. The summed E-state index contributed by atoms with van der Waals surface area (Å²) in [6, 6.07) is 1.22. The first kappa shape index (κ1) is 16.0. The molecule has 0 spiro atoms. The van der Waals surface area contributed by atoms with Crippen LogP contribution in [-0.2, 0) is 20.8 Å². The fourth-order valence-corrected chi connectivity index (χ4v) is 2.62. The second-order valence-electron chi connectivity index (χ2n) is 4.96. The minimum atomic E-state index is -3.84. The number of nitrogens with zero attached hydrogens (tertiary/aromatic N) is 1. The molecule has 1 aromatic rings. The van der Waals surface area contributed by atoms with Gasteiger partial charge < -0.3 is 9.30 Å². The predicted octanol–water partition coefficient (Wildman–Crippen LogP) is 2.54. The lowest BCUT2D eigenvalue weighted by atomic mass is 10.1. The number of aryl methyl sites for hydroxylation is 1. The zero-order chi connectivity index (χ0) is 14.8. The Hall–Kier alpha value is -1.01. The van der Waals surface area contributed by atoms with Gasteiger partial charge in [-0.2, -0.15) is 0 Å². The number of hydrogen-bond acceptors (Lipinski definition) is 4. The Morgan fingerprint density at radius 2 is 2.00 bits per heavy atom. The van der Waals surface area contributed by atoms with E-state index in [4.69, 9.17) is 15.4 Å². The van der Waals surface area contributed by atoms with E-state index in [1.807, 2.05) is 13.8 Å². The third-order valence-corrected chi connectivity index (χ3v) is 3.90. The first-order valence-electron chi connectivity index (χ1n) is 5.93. The normalized spacial score (nSPS) is 13.6. The van der Waals surface area contributed by atoms with Crippen molar-refractivity contribution >= 4 is 25.7 Å². The molecule has 0 aliphatic rings. The minimum Gasteiger partial charge on any atom is -0.458 e. The Morgan fingerprint density at radius 3 is 2.42 bits per heavy atom. The van der Waals surface area contributed by atoms with Gasteiger partial charge in [-0.25, -0.2) is 13.2 Å². The lowest BCUT2D eigenvalue weighted by Gasteiger charge is -2.15. The standard InChI is InChI=1S/C12H18ClNO4S/c1-8(2)5-9(3)18-12(15)11-6-10(7-14(11)4)19(13,16)17/h6-9H,5H2,1-4H3. The molecule has 0 bridgehead atoms. The van der Waals surface area contributed by atoms with Crippen LogP contribution in [0.2, 0.25) is 0 Å². The van der Waals surface area contributed by atoms with Crippen LogP contribution in [0.15, 0.2) is 17.2 Å². The summed E-state index contributed by atoms with van der Waals surface area (Å²) in [5, 5.41) is 0. The number of ether oxygens (including phenoxy) is 1. The second-order valence-corrected chi connectivity index (χ2v) is 7.52. The largest absolute Gasteiger partial charge is 0.458 e. The lowest BCUT2D eigenvalue weighted by Crippen LogP contribution is -2.18. The zero-order valence-electron chi connectivity index (χ0n) is 11.4. The van der Waals surface area contributed by atoms with Gasteiger partial charge in [-0.15, -0.1) is 0 Å². The number of rotatable bonds is 5. The van der Waals surface area contributed by atoms with Crippen LogP contribution in [0.25, 0.3) is 0 Å². The maximum Gasteiger partial charge on any atom is 0.355 e. The van der Waals surface area contributed by atoms with Crippen molar-refractivity contribution in [2.75, 3.05) is 0 Å². The van der Waals surface area contributed by atoms with Crippen molar-refractivity contribution in [1.82, 2.24) is 4.57 Å². The molecule has 0 radical (unpaired) electrons. The van der Waals surface area contributed by atoms with E-state index in [1.54, 1.807) is 14.0 Å². The molecule has 0 aliphatic carbocycles. The topological polar surface area (TPSA) is 65.4 Å². The van der Waals surface area contributed by atoms with Gasteiger partial charge in [-0.1, -0.05) is 13.8 Å². The maximum absolute atomic E-state index is 11.9. The van der Waals surface area contributed by atoms with Crippen LogP contribution in [0.1, 0.15) is 37.7 Å². The predicted molar refractivity (Wildman–Crippen MR) is 72.8 cm³/mol. The van der Waals surface area contributed by atoms with Crippen molar-refractivity contribution in [3.05, 3.63) is 18.0 Å². The first-order valence-corrected chi connectivity index (χ1v) is 8.24. The number of aromatic nitrogens is 1. The number of esters is 1. The molecule has 1 rings (SSSR count). The van der Waals surface area contributed by atoms with Crippen LogP contribution >= 0.6 is 10.7 Å². The summed E-state index contributed by atoms with van der Waals surface area (Å²) in [6.45, 7) is 5.87. The van der Waals surface area contributed by atoms with Crippen LogP contribution < -0.4 is 0 Å². The number of halogens is 1. The monoisotopic (exact) mass is 307 g/mol. The summed E-state index contributed by atoms with van der Waals surface area (Å²) in [5.74, 6) is -0.141. The van der Waals surface area contributed by atoms with E-state index < -0.39 is 15.0 Å². The Morgan fingerprint density at radius 1 is 1.42 bits per heavy atom. The van der Waals surface area contributed by atoms with E-state index in [1.165, 1.54) is 16.8 Å². The van der Waals surface area contributed by atoms with Crippen molar-refractivity contribution in [2.45, 2.75) is 38.2 Å². The average Bonchev–Trinajstić information content (AvgIpc) is 2.58. The molecule has 1 heterocycles. The Bertz CT molecular complexity index is 562. The fraction of sp³-hybridized carbons (Fsp3) is 0.583. The van der Waals surface area contributed by atoms with Gasteiger partial charge in [-0.05, 0) is 25.3 Å². The Balaban J connectivity index is 2.86. The number of carbonyl (C=O) groups is 1. The Labute approximate surface area is 117 Å². The van der Waals surface area contributed by atoms with E-state index in [-0.39, 0.29) is 16.7 Å². The van der Waals surface area contributed by atoms with Gasteiger partial charge in [-0.3, -0.25) is 0 Å². The van der Waals surface area contributed by atoms with Gasteiger partial charge in [0, 0.05) is 23.9 Å². The van der Waals surface area contributed by atoms with Gasteiger partial charge in [0.05, 0.1) is 6.10 Å². The summed E-state index contributed by atoms with van der Waals surface area (Å²) < 4.78 is 29.0. The molecule has 19 heavy (non-hydrogen) atoms. The maximum atomic E-state index is 11.9. The van der Waals surface area contributed by atoms with Crippen molar-refractivity contribution in [3.63, 3.8) is 0 Å². The number of carbonyl (C=O) groups excluding carboxylic acids is 1. The molecule has 1 aromatic heterocycles. The summed E-state index contributed by atoms with van der Waals surface area (Å²) in [5.41, 5.74) is 0.162. The average molecular weight is 308 g/mol. The quantitative estimate of drug-likeness (QED) is 0.619. The molecule has 0 saturated heterocycles. The molecule has 7 heteroatoms. The van der Waals surface area contributed by atoms with Crippen molar-refractivity contribution in [1.29, 1.82) is 0 Å². The Kier molecular flexibility index (Phi) is 5.04. The molecule has 0 amide bonds. The third kappa shape index (κ3) is 4.54. The van der Waals surface area contributed by atoms with E-state index in [0.717, 1.165) is 6.42 Å². The van der Waals surface area contributed by atoms with Crippen molar-refractivity contribution in [3.8, 4) is 0 Å². The fourth-order valence-electron chi connectivity index (χ4n) is 1.83. The lowest BCUT2D eigenvalue weighted by molar-refractivity contribution is 0.0288. The second kappa shape index (κ2) is 5.96. The van der Waals surface area contributed by atoms with E-state index in [2.05, 4.69) is 0 Å². The SMILES string of the molecule is CC(C)CC(C)OC(=O)c1cc(S(=O)(=O)Cl)cn1C. The molecule has 0 fully saturated rings. The van der Waals surface area contributed by atoms with Crippen LogP contribution in [0.4, 0.5) is 0 Å². The molecular formula is C12H18ClNO4S. The molecule has 0 saturated carbocycles. The van der Waals surface area contributed by atoms with Gasteiger partial charge >= 0.3 is 5.97 Å². The highest BCUT2D eigenvalue weighted by atomic mass is 35.7. The summed E-state index contributed by atoms with van der Waals surface area (Å²) in [6.07, 6.45) is 1.81. The van der Waals surface area contributed by atoms with Gasteiger partial charge in [0.1, 0.15) is 10.6 Å². The van der Waals surface area contributed by atoms with Crippen LogP contribution in [0.5, 0.6) is 0 Å². The third-order valence-electron chi connectivity index (χ3n) is 2.58. The van der Waals surface area contributed by atoms with Crippen molar-refractivity contribution in [2.24, 2.45) is 13.0 Å². The van der Waals surface area contributed by atoms with Crippen LogP contribution in [-0.4, -0.2) is 25.1 Å². The first-order chi connectivity index (χ1) is 8.61. The van der Waals surface area contributed by atoms with Gasteiger partial charge in [0.15, 0.2) is 0 Å². The van der Waals surface area contributed by atoms with Gasteiger partial charge in [0.2, 0.25) is 0 Å². The molecule has 5 nitrogen and oxygen atoms in total. The summed E-state index contributed by atoms with van der Waals surface area (Å²) in [4.78, 5) is 11.8. The van der Waals surface area contributed by atoms with Gasteiger partial charge in [0.25, 0.3) is 9.05 Å². The summed E-state index contributed by atoms with van der Waals surface area (Å²) >= 11 is 0. The highest BCUT2D eigenvalue weighted by Crippen LogP contribution is 2.19. The van der Waals surface area contributed by atoms with E-state index >= 15 is 0 Å². The van der Waals surface area contributed by atoms with E-state index in [9.17, 15) is 13.2 Å². The number of hydrogen-bond donors (Lipinski definition) is 0.